The lowest BCUT2D eigenvalue weighted by Crippen LogP contribution is -2.65. The molecule has 3 aromatic rings. The minimum Gasteiger partial charge on any atom is -0.369 e. The monoisotopic (exact) mass is 584 g/mol. The number of rotatable bonds is 7. The first-order valence-electron chi connectivity index (χ1n) is 13.7. The van der Waals surface area contributed by atoms with Crippen molar-refractivity contribution in [1.82, 2.24) is 14.7 Å². The fourth-order valence-corrected chi connectivity index (χ4v) is 9.58. The van der Waals surface area contributed by atoms with Crippen molar-refractivity contribution < 1.29 is 4.79 Å². The molecule has 1 heterocycles. The van der Waals surface area contributed by atoms with Gasteiger partial charge in [0.1, 0.15) is 0 Å². The highest BCUT2D eigenvalue weighted by atomic mass is 35.5. The molecule has 5 nitrogen and oxygen atoms in total. The van der Waals surface area contributed by atoms with E-state index in [0.717, 1.165) is 47.5 Å². The molecule has 7 rings (SSSR count). The van der Waals surface area contributed by atoms with E-state index in [2.05, 4.69) is 25.7 Å². The maximum Gasteiger partial charge on any atom is 0.231 e. The Balaban J connectivity index is 1.46. The molecule has 4 saturated carbocycles. The number of hydrogen-bond donors (Lipinski definition) is 1. The van der Waals surface area contributed by atoms with E-state index < -0.39 is 0 Å². The second-order valence-corrected chi connectivity index (χ2v) is 14.4. The second kappa shape index (κ2) is 9.51. The Bertz CT molecular complexity index is 1430. The van der Waals surface area contributed by atoms with Crippen molar-refractivity contribution >= 4 is 40.7 Å². The summed E-state index contributed by atoms with van der Waals surface area (Å²) in [5, 5.41) is 6.89. The summed E-state index contributed by atoms with van der Waals surface area (Å²) in [6.07, 6.45) is 7.18. The van der Waals surface area contributed by atoms with Gasteiger partial charge in [-0.05, 0) is 98.1 Å². The van der Waals surface area contributed by atoms with Crippen molar-refractivity contribution in [1.29, 1.82) is 0 Å². The van der Waals surface area contributed by atoms with E-state index >= 15 is 0 Å². The normalized spacial score (nSPS) is 29.4. The summed E-state index contributed by atoms with van der Waals surface area (Å²) in [7, 11) is 0. The Morgan fingerprint density at radius 1 is 1.00 bits per heavy atom. The number of amides is 1. The molecule has 2 atom stereocenters. The third-order valence-electron chi connectivity index (χ3n) is 9.43. The zero-order chi connectivity index (χ0) is 27.7. The van der Waals surface area contributed by atoms with E-state index in [4.69, 9.17) is 45.6 Å². The largest absolute Gasteiger partial charge is 0.369 e. The number of halogens is 3. The Labute approximate surface area is 245 Å². The fraction of sp³-hybridized carbons (Fsp3) is 0.484. The SMILES string of the molecule is Cc1c(CN(CC(N)=O)C23CC4CC(C)(CC(C)(C4)C2)C3)nn(-c2ccc(Cl)cc2Cl)c1-c1ccc(Cl)cc1. The van der Waals surface area contributed by atoms with Crippen LogP contribution in [0.5, 0.6) is 0 Å². The van der Waals surface area contributed by atoms with Crippen molar-refractivity contribution in [2.75, 3.05) is 6.54 Å². The van der Waals surface area contributed by atoms with Gasteiger partial charge < -0.3 is 5.73 Å². The lowest BCUT2D eigenvalue weighted by molar-refractivity contribution is -0.167. The van der Waals surface area contributed by atoms with E-state index in [9.17, 15) is 4.79 Å². The third kappa shape index (κ3) is 4.90. The van der Waals surface area contributed by atoms with Gasteiger partial charge >= 0.3 is 0 Å². The summed E-state index contributed by atoms with van der Waals surface area (Å²) >= 11 is 19.1. The molecule has 1 aromatic heterocycles. The molecule has 4 fully saturated rings. The van der Waals surface area contributed by atoms with Gasteiger partial charge in [0.05, 0.1) is 28.6 Å². The fourth-order valence-electron chi connectivity index (χ4n) is 8.97. The van der Waals surface area contributed by atoms with Crippen LogP contribution >= 0.6 is 34.8 Å². The first-order valence-corrected chi connectivity index (χ1v) is 14.8. The van der Waals surface area contributed by atoms with Gasteiger partial charge in [-0.25, -0.2) is 4.68 Å². The van der Waals surface area contributed by atoms with Crippen molar-refractivity contribution in [2.24, 2.45) is 22.5 Å². The van der Waals surface area contributed by atoms with E-state index in [1.165, 1.54) is 19.3 Å². The molecule has 39 heavy (non-hydrogen) atoms. The molecule has 206 valence electrons. The maximum atomic E-state index is 12.5. The van der Waals surface area contributed by atoms with Gasteiger partial charge in [-0.1, -0.05) is 60.8 Å². The Kier molecular flexibility index (Phi) is 6.62. The smallest absolute Gasteiger partial charge is 0.231 e. The van der Waals surface area contributed by atoms with Gasteiger partial charge in [-0.15, -0.1) is 0 Å². The highest BCUT2D eigenvalue weighted by molar-refractivity contribution is 6.35. The summed E-state index contributed by atoms with van der Waals surface area (Å²) < 4.78 is 1.90. The lowest BCUT2D eigenvalue weighted by atomic mass is 9.42. The molecule has 1 amide bonds. The highest BCUT2D eigenvalue weighted by Gasteiger charge is 2.62. The number of carbonyl (C=O) groups is 1. The van der Waals surface area contributed by atoms with Crippen LogP contribution in [0.1, 0.15) is 63.6 Å². The summed E-state index contributed by atoms with van der Waals surface area (Å²) in [5.74, 6) is 0.402. The highest BCUT2D eigenvalue weighted by Crippen LogP contribution is 2.67. The Hall–Kier alpha value is -2.05. The molecular formula is C31H35Cl3N4O. The van der Waals surface area contributed by atoms with E-state index in [0.29, 0.717) is 38.4 Å². The van der Waals surface area contributed by atoms with Crippen LogP contribution in [0.4, 0.5) is 0 Å². The summed E-state index contributed by atoms with van der Waals surface area (Å²) in [6.45, 7) is 7.77. The molecule has 0 spiro atoms. The average molecular weight is 586 g/mol. The van der Waals surface area contributed by atoms with Gasteiger partial charge in [0.2, 0.25) is 5.91 Å². The van der Waals surface area contributed by atoms with Crippen LogP contribution in [0.3, 0.4) is 0 Å². The van der Waals surface area contributed by atoms with Gasteiger partial charge in [-0.2, -0.15) is 5.10 Å². The van der Waals surface area contributed by atoms with Crippen molar-refractivity contribution in [3.8, 4) is 16.9 Å². The van der Waals surface area contributed by atoms with Crippen molar-refractivity contribution in [3.05, 3.63) is 68.8 Å². The number of carbonyl (C=O) groups excluding carboxylic acids is 1. The van der Waals surface area contributed by atoms with E-state index in [1.54, 1.807) is 6.07 Å². The number of nitrogens with two attached hydrogens (primary N) is 1. The van der Waals surface area contributed by atoms with Crippen LogP contribution in [-0.4, -0.2) is 32.7 Å². The molecule has 0 saturated heterocycles. The minimum absolute atomic E-state index is 0.0491. The third-order valence-corrected chi connectivity index (χ3v) is 10.2. The van der Waals surface area contributed by atoms with Crippen LogP contribution in [0.2, 0.25) is 15.1 Å². The van der Waals surface area contributed by atoms with E-state index in [1.807, 2.05) is 41.1 Å². The number of aromatic nitrogens is 2. The van der Waals surface area contributed by atoms with Crippen molar-refractivity contribution in [2.45, 2.75) is 71.4 Å². The van der Waals surface area contributed by atoms with E-state index in [-0.39, 0.29) is 18.0 Å². The number of benzene rings is 2. The first-order chi connectivity index (χ1) is 18.4. The lowest BCUT2D eigenvalue weighted by Gasteiger charge is -2.67. The van der Waals surface area contributed by atoms with Crippen LogP contribution in [0.15, 0.2) is 42.5 Å². The summed E-state index contributed by atoms with van der Waals surface area (Å²) in [4.78, 5) is 14.8. The molecule has 0 radical (unpaired) electrons. The molecule has 0 aliphatic heterocycles. The molecule has 2 aromatic carbocycles. The predicted molar refractivity (Wildman–Crippen MR) is 159 cm³/mol. The number of hydrogen-bond acceptors (Lipinski definition) is 3. The second-order valence-electron chi connectivity index (χ2n) is 13.1. The van der Waals surface area contributed by atoms with Crippen LogP contribution in [-0.2, 0) is 11.3 Å². The first kappa shape index (κ1) is 27.1. The van der Waals surface area contributed by atoms with Gasteiger partial charge in [0.15, 0.2) is 0 Å². The van der Waals surface area contributed by atoms with Crippen LogP contribution in [0, 0.1) is 23.7 Å². The Morgan fingerprint density at radius 3 is 2.23 bits per heavy atom. The zero-order valence-electron chi connectivity index (χ0n) is 22.7. The standard InChI is InChI=1S/C31H35Cl3N4O/c1-19-25(14-37(15-27(35)39)31-13-20-11-29(2,17-31)16-30(3,12-20)18-31)36-38(26-9-8-23(33)10-24(26)34)28(19)21-4-6-22(32)7-5-21/h4-10,20H,11-18H2,1-3H3,(H2,35,39). The molecule has 2 N–H and O–H groups in total. The minimum atomic E-state index is -0.295. The zero-order valence-corrected chi connectivity index (χ0v) is 25.0. The Morgan fingerprint density at radius 2 is 1.64 bits per heavy atom. The summed E-state index contributed by atoms with van der Waals surface area (Å²) in [5.41, 5.74) is 11.1. The molecular weight excluding hydrogens is 551 g/mol. The van der Waals surface area contributed by atoms with Gasteiger partial charge in [0, 0.05) is 27.7 Å². The average Bonchev–Trinajstić information content (AvgIpc) is 3.12. The number of nitrogens with zero attached hydrogens (tertiary/aromatic N) is 3. The van der Waals surface area contributed by atoms with Crippen LogP contribution in [0.25, 0.3) is 16.9 Å². The predicted octanol–water partition coefficient (Wildman–Crippen LogP) is 7.84. The van der Waals surface area contributed by atoms with Crippen LogP contribution < -0.4 is 5.73 Å². The molecule has 8 heteroatoms. The molecule has 4 aliphatic carbocycles. The number of primary amides is 1. The quantitative estimate of drug-likeness (QED) is 0.307. The molecule has 4 aliphatic rings. The topological polar surface area (TPSA) is 64.2 Å². The summed E-state index contributed by atoms with van der Waals surface area (Å²) in [6, 6.07) is 13.2. The molecule has 4 bridgehead atoms. The molecule has 2 unspecified atom stereocenters. The van der Waals surface area contributed by atoms with Crippen molar-refractivity contribution in [3.63, 3.8) is 0 Å². The van der Waals surface area contributed by atoms with Gasteiger partial charge in [-0.3, -0.25) is 9.69 Å². The van der Waals surface area contributed by atoms with Gasteiger partial charge in [0.25, 0.3) is 0 Å². The maximum absolute atomic E-state index is 12.5.